The van der Waals surface area contributed by atoms with Crippen molar-refractivity contribution in [2.24, 2.45) is 0 Å². The van der Waals surface area contributed by atoms with Gasteiger partial charge in [-0.3, -0.25) is 10.1 Å². The minimum absolute atomic E-state index is 0.152. The van der Waals surface area contributed by atoms with Gasteiger partial charge in [-0.15, -0.1) is 10.2 Å². The predicted octanol–water partition coefficient (Wildman–Crippen LogP) is 1.42. The summed E-state index contributed by atoms with van der Waals surface area (Å²) in [5.41, 5.74) is 0. The van der Waals surface area contributed by atoms with E-state index in [1.165, 1.54) is 11.3 Å². The number of aryl methyl sites for hydroxylation is 1. The van der Waals surface area contributed by atoms with Crippen molar-refractivity contribution >= 4 is 28.4 Å². The van der Waals surface area contributed by atoms with Gasteiger partial charge in [0, 0.05) is 6.04 Å². The normalized spacial score (nSPS) is 16.7. The molecule has 0 radical (unpaired) electrons. The standard InChI is InChI=1S/C12H19N5O2S/c1-7(10(18)14-9-5-3-4-6-9)13-11(19)15-12-17-16-8(2)20-12/h7,9H,3-6H2,1-2H3,(H,14,18)(H2,13,15,17,19)/t7-/m0/s1. The minimum atomic E-state index is -0.579. The molecular weight excluding hydrogens is 278 g/mol. The van der Waals surface area contributed by atoms with E-state index in [1.807, 2.05) is 0 Å². The average molecular weight is 297 g/mol. The van der Waals surface area contributed by atoms with Crippen LogP contribution in [-0.2, 0) is 4.79 Å². The molecule has 1 aliphatic rings. The second kappa shape index (κ2) is 6.65. The maximum absolute atomic E-state index is 11.9. The van der Waals surface area contributed by atoms with Crippen molar-refractivity contribution in [3.05, 3.63) is 5.01 Å². The summed E-state index contributed by atoms with van der Waals surface area (Å²) in [5, 5.41) is 16.9. The van der Waals surface area contributed by atoms with Crippen LogP contribution in [0.1, 0.15) is 37.6 Å². The fourth-order valence-electron chi connectivity index (χ4n) is 2.14. The highest BCUT2D eigenvalue weighted by Gasteiger charge is 2.21. The number of nitrogens with zero attached hydrogens (tertiary/aromatic N) is 2. The van der Waals surface area contributed by atoms with E-state index >= 15 is 0 Å². The molecule has 0 spiro atoms. The van der Waals surface area contributed by atoms with Gasteiger partial charge in [0.1, 0.15) is 11.0 Å². The molecule has 1 saturated carbocycles. The van der Waals surface area contributed by atoms with Gasteiger partial charge in [-0.25, -0.2) is 4.79 Å². The molecule has 1 atom stereocenters. The van der Waals surface area contributed by atoms with Crippen LogP contribution in [0.2, 0.25) is 0 Å². The van der Waals surface area contributed by atoms with E-state index in [2.05, 4.69) is 26.1 Å². The van der Waals surface area contributed by atoms with Gasteiger partial charge in [-0.05, 0) is 26.7 Å². The second-order valence-corrected chi connectivity index (χ2v) is 6.12. The number of nitrogens with one attached hydrogen (secondary N) is 3. The summed E-state index contributed by atoms with van der Waals surface area (Å²) in [4.78, 5) is 23.6. The van der Waals surface area contributed by atoms with Gasteiger partial charge >= 0.3 is 6.03 Å². The molecule has 7 nitrogen and oxygen atoms in total. The Labute approximate surface area is 121 Å². The molecule has 0 aromatic carbocycles. The topological polar surface area (TPSA) is 96.0 Å². The molecular formula is C12H19N5O2S. The molecule has 3 amide bonds. The van der Waals surface area contributed by atoms with E-state index in [9.17, 15) is 9.59 Å². The highest BCUT2D eigenvalue weighted by Crippen LogP contribution is 2.17. The summed E-state index contributed by atoms with van der Waals surface area (Å²) >= 11 is 1.28. The van der Waals surface area contributed by atoms with Crippen LogP contribution in [0.4, 0.5) is 9.93 Å². The molecule has 1 aromatic rings. The Hall–Kier alpha value is -1.70. The SMILES string of the molecule is Cc1nnc(NC(=O)N[C@@H](C)C(=O)NC2CCCC2)s1. The van der Waals surface area contributed by atoms with Gasteiger partial charge in [0.25, 0.3) is 0 Å². The van der Waals surface area contributed by atoms with Gasteiger partial charge in [0.05, 0.1) is 0 Å². The average Bonchev–Trinajstić information content (AvgIpc) is 3.01. The first-order chi connectivity index (χ1) is 9.54. The number of rotatable bonds is 4. The van der Waals surface area contributed by atoms with Gasteiger partial charge in [-0.2, -0.15) is 0 Å². The largest absolute Gasteiger partial charge is 0.352 e. The van der Waals surface area contributed by atoms with E-state index < -0.39 is 12.1 Å². The summed E-state index contributed by atoms with van der Waals surface area (Å²) in [5.74, 6) is -0.152. The summed E-state index contributed by atoms with van der Waals surface area (Å²) < 4.78 is 0. The first kappa shape index (κ1) is 14.7. The smallest absolute Gasteiger partial charge is 0.321 e. The zero-order valence-corrected chi connectivity index (χ0v) is 12.4. The van der Waals surface area contributed by atoms with Gasteiger partial charge in [-0.1, -0.05) is 24.2 Å². The Bertz CT molecular complexity index is 484. The Morgan fingerprint density at radius 3 is 2.60 bits per heavy atom. The molecule has 1 heterocycles. The van der Waals surface area contributed by atoms with Gasteiger partial charge in [0.2, 0.25) is 11.0 Å². The molecule has 0 aliphatic heterocycles. The first-order valence-electron chi connectivity index (χ1n) is 6.72. The fraction of sp³-hybridized carbons (Fsp3) is 0.667. The molecule has 0 bridgehead atoms. The molecule has 1 fully saturated rings. The van der Waals surface area contributed by atoms with Crippen molar-refractivity contribution in [2.75, 3.05) is 5.32 Å². The van der Waals surface area contributed by atoms with Crippen LogP contribution in [0.3, 0.4) is 0 Å². The maximum Gasteiger partial charge on any atom is 0.321 e. The quantitative estimate of drug-likeness (QED) is 0.783. The van der Waals surface area contributed by atoms with Crippen LogP contribution < -0.4 is 16.0 Å². The van der Waals surface area contributed by atoms with E-state index in [0.29, 0.717) is 5.13 Å². The third-order valence-electron chi connectivity index (χ3n) is 3.19. The molecule has 0 saturated heterocycles. The molecule has 110 valence electrons. The van der Waals surface area contributed by atoms with E-state index in [-0.39, 0.29) is 11.9 Å². The van der Waals surface area contributed by atoms with E-state index in [0.717, 1.165) is 30.7 Å². The summed E-state index contributed by atoms with van der Waals surface area (Å²) in [6.07, 6.45) is 4.36. The lowest BCUT2D eigenvalue weighted by Gasteiger charge is -2.17. The number of amides is 3. The van der Waals surface area contributed by atoms with Crippen LogP contribution >= 0.6 is 11.3 Å². The van der Waals surface area contributed by atoms with Crippen LogP contribution in [-0.4, -0.2) is 34.2 Å². The first-order valence-corrected chi connectivity index (χ1v) is 7.54. The Morgan fingerprint density at radius 2 is 2.00 bits per heavy atom. The molecule has 8 heteroatoms. The van der Waals surface area contributed by atoms with E-state index in [1.54, 1.807) is 13.8 Å². The van der Waals surface area contributed by atoms with Crippen molar-refractivity contribution in [3.8, 4) is 0 Å². The highest BCUT2D eigenvalue weighted by atomic mass is 32.1. The second-order valence-electron chi connectivity index (χ2n) is 4.94. The third kappa shape index (κ3) is 4.16. The molecule has 3 N–H and O–H groups in total. The van der Waals surface area contributed by atoms with Crippen LogP contribution in [0, 0.1) is 6.92 Å². The van der Waals surface area contributed by atoms with Crippen LogP contribution in [0.5, 0.6) is 0 Å². The maximum atomic E-state index is 11.9. The summed E-state index contributed by atoms with van der Waals surface area (Å²) in [6.45, 7) is 3.47. The van der Waals surface area contributed by atoms with Crippen molar-refractivity contribution < 1.29 is 9.59 Å². The summed E-state index contributed by atoms with van der Waals surface area (Å²) in [6, 6.07) is -0.777. The Kier molecular flexibility index (Phi) is 4.89. The zero-order valence-electron chi connectivity index (χ0n) is 11.6. The van der Waals surface area contributed by atoms with Crippen molar-refractivity contribution in [1.29, 1.82) is 0 Å². The van der Waals surface area contributed by atoms with Crippen LogP contribution in [0.25, 0.3) is 0 Å². The van der Waals surface area contributed by atoms with Crippen molar-refractivity contribution in [1.82, 2.24) is 20.8 Å². The highest BCUT2D eigenvalue weighted by molar-refractivity contribution is 7.15. The lowest BCUT2D eigenvalue weighted by molar-refractivity contribution is -0.123. The number of anilines is 1. The van der Waals surface area contributed by atoms with Crippen LogP contribution in [0.15, 0.2) is 0 Å². The number of hydrogen-bond donors (Lipinski definition) is 3. The number of urea groups is 1. The lowest BCUT2D eigenvalue weighted by Crippen LogP contribution is -2.48. The predicted molar refractivity (Wildman–Crippen MR) is 76.7 cm³/mol. The molecule has 1 aliphatic carbocycles. The van der Waals surface area contributed by atoms with Gasteiger partial charge in [0.15, 0.2) is 0 Å². The molecule has 20 heavy (non-hydrogen) atoms. The van der Waals surface area contributed by atoms with Crippen molar-refractivity contribution in [3.63, 3.8) is 0 Å². The number of carbonyl (C=O) groups is 2. The Morgan fingerprint density at radius 1 is 1.30 bits per heavy atom. The molecule has 1 aromatic heterocycles. The fourth-order valence-corrected chi connectivity index (χ4v) is 2.73. The number of aromatic nitrogens is 2. The monoisotopic (exact) mass is 297 g/mol. The molecule has 2 rings (SSSR count). The lowest BCUT2D eigenvalue weighted by atomic mass is 10.2. The third-order valence-corrected chi connectivity index (χ3v) is 3.94. The Balaban J connectivity index is 1.76. The van der Waals surface area contributed by atoms with E-state index in [4.69, 9.17) is 0 Å². The molecule has 0 unspecified atom stereocenters. The van der Waals surface area contributed by atoms with Gasteiger partial charge < -0.3 is 10.6 Å². The van der Waals surface area contributed by atoms with Crippen molar-refractivity contribution in [2.45, 2.75) is 51.6 Å². The summed E-state index contributed by atoms with van der Waals surface area (Å²) in [7, 11) is 0. The number of hydrogen-bond acceptors (Lipinski definition) is 5. The number of carbonyl (C=O) groups excluding carboxylic acids is 2. The minimum Gasteiger partial charge on any atom is -0.352 e. The zero-order chi connectivity index (χ0) is 14.5.